The van der Waals surface area contributed by atoms with Crippen molar-refractivity contribution in [2.24, 2.45) is 0 Å². The number of anilines is 1. The molecule has 0 aliphatic rings. The second kappa shape index (κ2) is 6.31. The maximum absolute atomic E-state index is 11.4. The van der Waals surface area contributed by atoms with Gasteiger partial charge in [-0.2, -0.15) is 0 Å². The number of hydrogen-bond acceptors (Lipinski definition) is 5. The Morgan fingerprint density at radius 2 is 1.74 bits per heavy atom. The highest BCUT2D eigenvalue weighted by atomic mass is 16.5. The summed E-state index contributed by atoms with van der Waals surface area (Å²) in [7, 11) is 1.61. The Kier molecular flexibility index (Phi) is 4.05. The van der Waals surface area contributed by atoms with Gasteiger partial charge in [-0.25, -0.2) is 14.8 Å². The normalized spacial score (nSPS) is 10.5. The smallest absolute Gasteiger partial charge is 0.358 e. The number of aromatic carboxylic acids is 1. The molecule has 3 aromatic rings. The number of nitrogens with zero attached hydrogens (tertiary/aromatic N) is 2. The van der Waals surface area contributed by atoms with Gasteiger partial charge in [-0.15, -0.1) is 0 Å². The number of para-hydroxylation sites is 2. The minimum absolute atomic E-state index is 0.0859. The summed E-state index contributed by atoms with van der Waals surface area (Å²) in [5.41, 5.74) is 2.10. The fraction of sp³-hybridized carbons (Fsp3) is 0.118. The molecule has 0 atom stereocenters. The molecule has 116 valence electrons. The summed E-state index contributed by atoms with van der Waals surface area (Å²) in [5.74, 6) is -0.0852. The van der Waals surface area contributed by atoms with Gasteiger partial charge in [-0.3, -0.25) is 0 Å². The molecule has 0 radical (unpaired) electrons. The van der Waals surface area contributed by atoms with Gasteiger partial charge in [-0.1, -0.05) is 24.3 Å². The quantitative estimate of drug-likeness (QED) is 0.754. The number of carboxylic acid groups (broad SMARTS) is 1. The molecule has 6 nitrogen and oxygen atoms in total. The van der Waals surface area contributed by atoms with Gasteiger partial charge >= 0.3 is 5.97 Å². The summed E-state index contributed by atoms with van der Waals surface area (Å²) in [5, 5.41) is 12.4. The van der Waals surface area contributed by atoms with Crippen molar-refractivity contribution in [2.45, 2.75) is 6.54 Å². The van der Waals surface area contributed by atoms with Crippen molar-refractivity contribution >= 4 is 22.8 Å². The minimum Gasteiger partial charge on any atom is -0.497 e. The van der Waals surface area contributed by atoms with E-state index < -0.39 is 5.97 Å². The number of methoxy groups -OCH3 is 1. The largest absolute Gasteiger partial charge is 0.497 e. The second-order valence-electron chi connectivity index (χ2n) is 4.92. The topological polar surface area (TPSA) is 84.3 Å². The van der Waals surface area contributed by atoms with Crippen LogP contribution in [0.4, 0.5) is 5.82 Å². The van der Waals surface area contributed by atoms with E-state index in [0.717, 1.165) is 11.3 Å². The average molecular weight is 309 g/mol. The van der Waals surface area contributed by atoms with Gasteiger partial charge < -0.3 is 15.2 Å². The minimum atomic E-state index is -1.11. The number of rotatable bonds is 5. The Hall–Kier alpha value is -3.15. The lowest BCUT2D eigenvalue weighted by Crippen LogP contribution is -2.11. The maximum Gasteiger partial charge on any atom is 0.358 e. The zero-order valence-corrected chi connectivity index (χ0v) is 12.5. The first-order chi connectivity index (χ1) is 11.2. The fourth-order valence-corrected chi connectivity index (χ4v) is 2.20. The third-order valence-electron chi connectivity index (χ3n) is 3.39. The van der Waals surface area contributed by atoms with E-state index in [1.54, 1.807) is 25.3 Å². The molecule has 0 saturated heterocycles. The molecule has 6 heteroatoms. The molecular weight excluding hydrogens is 294 g/mol. The van der Waals surface area contributed by atoms with Gasteiger partial charge in [0.25, 0.3) is 0 Å². The molecule has 0 fully saturated rings. The predicted molar refractivity (Wildman–Crippen MR) is 86.8 cm³/mol. The standard InChI is InChI=1S/C17H15N3O3/c1-23-12-8-6-11(7-9-12)10-18-16-15(17(21)22)19-13-4-2-3-5-14(13)20-16/h2-9H,10H2,1H3,(H,18,20)(H,21,22). The van der Waals surface area contributed by atoms with Gasteiger partial charge in [0.15, 0.2) is 11.5 Å². The lowest BCUT2D eigenvalue weighted by Gasteiger charge is -2.10. The van der Waals surface area contributed by atoms with Crippen LogP contribution in [0.25, 0.3) is 11.0 Å². The van der Waals surface area contributed by atoms with Gasteiger partial charge in [0.2, 0.25) is 0 Å². The van der Waals surface area contributed by atoms with Crippen molar-refractivity contribution < 1.29 is 14.6 Å². The van der Waals surface area contributed by atoms with E-state index in [1.165, 1.54) is 0 Å². The molecule has 1 heterocycles. The van der Waals surface area contributed by atoms with E-state index in [1.807, 2.05) is 30.3 Å². The fourth-order valence-electron chi connectivity index (χ4n) is 2.20. The summed E-state index contributed by atoms with van der Waals surface area (Å²) >= 11 is 0. The SMILES string of the molecule is COc1ccc(CNc2nc3ccccc3nc2C(=O)O)cc1. The molecule has 0 aliphatic carbocycles. The van der Waals surface area contributed by atoms with Crippen molar-refractivity contribution in [2.75, 3.05) is 12.4 Å². The van der Waals surface area contributed by atoms with Crippen LogP contribution >= 0.6 is 0 Å². The lowest BCUT2D eigenvalue weighted by atomic mass is 10.2. The first kappa shape index (κ1) is 14.8. The summed E-state index contributed by atoms with van der Waals surface area (Å²) in [6, 6.07) is 14.7. The van der Waals surface area contributed by atoms with Crippen LogP contribution < -0.4 is 10.1 Å². The Morgan fingerprint density at radius 1 is 1.09 bits per heavy atom. The third-order valence-corrected chi connectivity index (χ3v) is 3.39. The van der Waals surface area contributed by atoms with Crippen LogP contribution in [0, 0.1) is 0 Å². The van der Waals surface area contributed by atoms with Crippen LogP contribution in [0.3, 0.4) is 0 Å². The Bertz CT molecular complexity index is 847. The highest BCUT2D eigenvalue weighted by Gasteiger charge is 2.15. The van der Waals surface area contributed by atoms with Gasteiger partial charge in [0.1, 0.15) is 5.75 Å². The summed E-state index contributed by atoms with van der Waals surface area (Å²) < 4.78 is 5.11. The molecule has 0 bridgehead atoms. The second-order valence-corrected chi connectivity index (χ2v) is 4.92. The number of nitrogens with one attached hydrogen (secondary N) is 1. The van der Waals surface area contributed by atoms with E-state index in [2.05, 4.69) is 15.3 Å². The maximum atomic E-state index is 11.4. The molecule has 0 saturated carbocycles. The molecule has 2 N–H and O–H groups in total. The monoisotopic (exact) mass is 309 g/mol. The molecule has 0 spiro atoms. The van der Waals surface area contributed by atoms with Crippen LogP contribution in [0.5, 0.6) is 5.75 Å². The zero-order valence-electron chi connectivity index (χ0n) is 12.5. The molecular formula is C17H15N3O3. The number of hydrogen-bond donors (Lipinski definition) is 2. The van der Waals surface area contributed by atoms with Gasteiger partial charge in [0.05, 0.1) is 18.1 Å². The molecule has 0 unspecified atom stereocenters. The number of fused-ring (bicyclic) bond motifs is 1. The van der Waals surface area contributed by atoms with E-state index in [0.29, 0.717) is 17.6 Å². The number of aromatic nitrogens is 2. The predicted octanol–water partition coefficient (Wildman–Crippen LogP) is 2.95. The van der Waals surface area contributed by atoms with Crippen molar-refractivity contribution in [1.29, 1.82) is 0 Å². The number of benzene rings is 2. The van der Waals surface area contributed by atoms with Crippen molar-refractivity contribution in [1.82, 2.24) is 9.97 Å². The Labute approximate surface area is 132 Å². The highest BCUT2D eigenvalue weighted by Crippen LogP contribution is 2.18. The first-order valence-electron chi connectivity index (χ1n) is 7.04. The molecule has 0 amide bonds. The molecule has 1 aromatic heterocycles. The van der Waals surface area contributed by atoms with Crippen LogP contribution in [-0.4, -0.2) is 28.2 Å². The Balaban J connectivity index is 1.88. The van der Waals surface area contributed by atoms with Crippen LogP contribution in [-0.2, 0) is 6.54 Å². The molecule has 3 rings (SSSR count). The van der Waals surface area contributed by atoms with Crippen molar-refractivity contribution in [3.63, 3.8) is 0 Å². The average Bonchev–Trinajstić information content (AvgIpc) is 2.59. The van der Waals surface area contributed by atoms with Crippen molar-refractivity contribution in [3.05, 3.63) is 59.8 Å². The number of carbonyl (C=O) groups is 1. The summed E-state index contributed by atoms with van der Waals surface area (Å²) in [4.78, 5) is 19.9. The Morgan fingerprint density at radius 3 is 2.35 bits per heavy atom. The summed E-state index contributed by atoms with van der Waals surface area (Å²) in [6.07, 6.45) is 0. The molecule has 0 aliphatic heterocycles. The first-order valence-corrected chi connectivity index (χ1v) is 7.04. The lowest BCUT2D eigenvalue weighted by molar-refractivity contribution is 0.0691. The summed E-state index contributed by atoms with van der Waals surface area (Å²) in [6.45, 7) is 0.442. The van der Waals surface area contributed by atoms with E-state index in [9.17, 15) is 9.90 Å². The van der Waals surface area contributed by atoms with Gasteiger partial charge in [-0.05, 0) is 29.8 Å². The van der Waals surface area contributed by atoms with Crippen LogP contribution in [0.1, 0.15) is 16.1 Å². The van der Waals surface area contributed by atoms with E-state index >= 15 is 0 Å². The third kappa shape index (κ3) is 3.21. The van der Waals surface area contributed by atoms with E-state index in [-0.39, 0.29) is 11.5 Å². The van der Waals surface area contributed by atoms with Crippen molar-refractivity contribution in [3.8, 4) is 5.75 Å². The number of carboxylic acids is 1. The van der Waals surface area contributed by atoms with Crippen LogP contribution in [0.15, 0.2) is 48.5 Å². The molecule has 2 aromatic carbocycles. The van der Waals surface area contributed by atoms with Gasteiger partial charge in [0, 0.05) is 6.54 Å². The van der Waals surface area contributed by atoms with Crippen LogP contribution in [0.2, 0.25) is 0 Å². The van der Waals surface area contributed by atoms with E-state index in [4.69, 9.17) is 4.74 Å². The highest BCUT2D eigenvalue weighted by molar-refractivity contribution is 5.93. The molecule has 23 heavy (non-hydrogen) atoms. The number of ether oxygens (including phenoxy) is 1. The zero-order chi connectivity index (χ0) is 16.2.